The van der Waals surface area contributed by atoms with Crippen molar-refractivity contribution >= 4 is 29.3 Å². The van der Waals surface area contributed by atoms with Crippen LogP contribution < -0.4 is 5.01 Å². The summed E-state index contributed by atoms with van der Waals surface area (Å²) in [7, 11) is 0. The van der Waals surface area contributed by atoms with Crippen molar-refractivity contribution in [1.29, 1.82) is 0 Å². The van der Waals surface area contributed by atoms with Crippen molar-refractivity contribution in [3.05, 3.63) is 64.9 Å². The third-order valence-electron chi connectivity index (χ3n) is 5.01. The van der Waals surface area contributed by atoms with Crippen molar-refractivity contribution in [2.24, 2.45) is 0 Å². The Morgan fingerprint density at radius 3 is 2.40 bits per heavy atom. The number of hydrogen-bond acceptors (Lipinski definition) is 3. The number of amides is 2. The first-order chi connectivity index (χ1) is 14.1. The predicted octanol–water partition coefficient (Wildman–Crippen LogP) is 4.95. The first-order valence-corrected chi connectivity index (χ1v) is 10.1. The summed E-state index contributed by atoms with van der Waals surface area (Å²) in [5.74, 6) is -0.869. The van der Waals surface area contributed by atoms with E-state index in [2.05, 4.69) is 0 Å². The fourth-order valence-electron chi connectivity index (χ4n) is 3.74. The molecule has 0 aliphatic carbocycles. The highest BCUT2D eigenvalue weighted by atomic mass is 35.5. The molecule has 1 aliphatic heterocycles. The van der Waals surface area contributed by atoms with Gasteiger partial charge in [0.25, 0.3) is 5.91 Å². The summed E-state index contributed by atoms with van der Waals surface area (Å²) in [5.41, 5.74) is 0.118. The molecule has 0 spiro atoms. The molecule has 160 valence electrons. The molecule has 1 N–H and O–H groups in total. The van der Waals surface area contributed by atoms with Gasteiger partial charge in [0, 0.05) is 24.7 Å². The molecule has 1 atom stereocenters. The minimum Gasteiger partial charge on any atom is -0.465 e. The SMILES string of the molecule is CC(C)(C)N(C(=O)O)[C@H](C(=O)N1CCCN1c1cc(F)ccc1Cl)c1ccccc1. The Hall–Kier alpha value is -2.80. The Balaban J connectivity index is 2.06. The number of carboxylic acid groups (broad SMARTS) is 1. The standard InChI is InChI=1S/C22H25ClFN3O3/c1-22(2,3)27(21(29)30)19(15-8-5-4-6-9-15)20(28)26-13-7-12-25(26)18-14-16(24)10-11-17(18)23/h4-6,8-11,14,19H,7,12-13H2,1-3H3,(H,29,30)/t19-/m0/s1. The second-order valence-corrected chi connectivity index (χ2v) is 8.58. The van der Waals surface area contributed by atoms with E-state index in [1.807, 2.05) is 6.07 Å². The zero-order valence-corrected chi connectivity index (χ0v) is 17.9. The predicted molar refractivity (Wildman–Crippen MR) is 114 cm³/mol. The Bertz CT molecular complexity index is 933. The van der Waals surface area contributed by atoms with Gasteiger partial charge in [-0.2, -0.15) is 0 Å². The second-order valence-electron chi connectivity index (χ2n) is 8.17. The first kappa shape index (κ1) is 21.9. The van der Waals surface area contributed by atoms with Crippen molar-refractivity contribution in [2.75, 3.05) is 18.1 Å². The fraction of sp³-hybridized carbons (Fsp3) is 0.364. The van der Waals surface area contributed by atoms with Gasteiger partial charge >= 0.3 is 6.09 Å². The number of hydrogen-bond donors (Lipinski definition) is 1. The van der Waals surface area contributed by atoms with E-state index in [9.17, 15) is 19.1 Å². The number of anilines is 1. The van der Waals surface area contributed by atoms with E-state index >= 15 is 0 Å². The highest BCUT2D eigenvalue weighted by Crippen LogP contribution is 2.35. The average molecular weight is 434 g/mol. The third kappa shape index (κ3) is 4.36. The van der Waals surface area contributed by atoms with Gasteiger partial charge in [-0.1, -0.05) is 41.9 Å². The lowest BCUT2D eigenvalue weighted by atomic mass is 9.97. The minimum atomic E-state index is -1.20. The maximum Gasteiger partial charge on any atom is 0.408 e. The smallest absolute Gasteiger partial charge is 0.408 e. The van der Waals surface area contributed by atoms with Gasteiger partial charge in [-0.15, -0.1) is 0 Å². The molecule has 1 aliphatic rings. The van der Waals surface area contributed by atoms with Crippen LogP contribution in [0.5, 0.6) is 0 Å². The van der Waals surface area contributed by atoms with Crippen molar-refractivity contribution in [1.82, 2.24) is 9.91 Å². The number of halogens is 2. The van der Waals surface area contributed by atoms with E-state index in [4.69, 9.17) is 11.6 Å². The van der Waals surface area contributed by atoms with E-state index in [0.29, 0.717) is 35.8 Å². The summed E-state index contributed by atoms with van der Waals surface area (Å²) in [6, 6.07) is 11.7. The van der Waals surface area contributed by atoms with Gasteiger partial charge in [0.05, 0.1) is 10.7 Å². The largest absolute Gasteiger partial charge is 0.465 e. The van der Waals surface area contributed by atoms with Crippen molar-refractivity contribution < 1.29 is 19.1 Å². The van der Waals surface area contributed by atoms with E-state index in [1.165, 1.54) is 23.2 Å². The first-order valence-electron chi connectivity index (χ1n) is 9.72. The van der Waals surface area contributed by atoms with Crippen LogP contribution in [0.4, 0.5) is 14.9 Å². The van der Waals surface area contributed by atoms with Crippen LogP contribution >= 0.6 is 11.6 Å². The number of nitrogens with zero attached hydrogens (tertiary/aromatic N) is 3. The molecule has 0 saturated carbocycles. The lowest BCUT2D eigenvalue weighted by Gasteiger charge is -2.42. The molecular weight excluding hydrogens is 409 g/mol. The van der Waals surface area contributed by atoms with Crippen LogP contribution in [-0.4, -0.2) is 45.6 Å². The molecule has 1 heterocycles. The van der Waals surface area contributed by atoms with Gasteiger partial charge in [-0.3, -0.25) is 19.7 Å². The van der Waals surface area contributed by atoms with Gasteiger partial charge in [-0.25, -0.2) is 9.18 Å². The number of carbonyl (C=O) groups excluding carboxylic acids is 1. The van der Waals surface area contributed by atoms with E-state index < -0.39 is 29.4 Å². The fourth-order valence-corrected chi connectivity index (χ4v) is 3.95. The van der Waals surface area contributed by atoms with Crippen molar-refractivity contribution in [3.8, 4) is 0 Å². The summed E-state index contributed by atoms with van der Waals surface area (Å²) >= 11 is 6.28. The maximum atomic E-state index is 13.9. The summed E-state index contributed by atoms with van der Waals surface area (Å²) in [6.45, 7) is 6.09. The summed E-state index contributed by atoms with van der Waals surface area (Å²) in [4.78, 5) is 27.1. The quantitative estimate of drug-likeness (QED) is 0.740. The van der Waals surface area contributed by atoms with Gasteiger partial charge < -0.3 is 5.11 Å². The topological polar surface area (TPSA) is 64.1 Å². The normalized spacial score (nSPS) is 15.2. The third-order valence-corrected chi connectivity index (χ3v) is 5.33. The highest BCUT2D eigenvalue weighted by Gasteiger charge is 2.43. The van der Waals surface area contributed by atoms with Crippen LogP contribution in [0.3, 0.4) is 0 Å². The lowest BCUT2D eigenvalue weighted by Crippen LogP contribution is -2.54. The monoisotopic (exact) mass is 433 g/mol. The summed E-state index contributed by atoms with van der Waals surface area (Å²) in [6.07, 6.45) is -0.540. The number of carbonyl (C=O) groups is 2. The van der Waals surface area contributed by atoms with Crippen molar-refractivity contribution in [3.63, 3.8) is 0 Å². The van der Waals surface area contributed by atoms with Gasteiger partial charge in [-0.05, 0) is 44.9 Å². The molecule has 1 saturated heterocycles. The molecule has 0 bridgehead atoms. The number of hydrazine groups is 1. The van der Waals surface area contributed by atoms with E-state index in [-0.39, 0.29) is 0 Å². The molecule has 8 heteroatoms. The summed E-state index contributed by atoms with van der Waals surface area (Å²) < 4.78 is 13.9. The van der Waals surface area contributed by atoms with Crippen LogP contribution in [0.1, 0.15) is 38.8 Å². The Kier molecular flexibility index (Phi) is 6.22. The average Bonchev–Trinajstić information content (AvgIpc) is 3.16. The molecule has 2 aromatic rings. The molecule has 2 amide bonds. The Labute approximate surface area is 180 Å². The van der Waals surface area contributed by atoms with Gasteiger partial charge in [0.15, 0.2) is 0 Å². The van der Waals surface area contributed by atoms with E-state index in [1.54, 1.807) is 50.0 Å². The molecule has 0 radical (unpaired) electrons. The minimum absolute atomic E-state index is 0.318. The zero-order valence-electron chi connectivity index (χ0n) is 17.2. The molecular formula is C22H25ClFN3O3. The molecule has 3 rings (SSSR count). The van der Waals surface area contributed by atoms with Crippen molar-refractivity contribution in [2.45, 2.75) is 38.8 Å². The Morgan fingerprint density at radius 1 is 1.13 bits per heavy atom. The van der Waals surface area contributed by atoms with Crippen LogP contribution in [0.25, 0.3) is 0 Å². The maximum absolute atomic E-state index is 13.9. The number of benzene rings is 2. The lowest BCUT2D eigenvalue weighted by molar-refractivity contribution is -0.138. The van der Waals surface area contributed by atoms with Crippen LogP contribution in [0.2, 0.25) is 5.02 Å². The molecule has 0 aromatic heterocycles. The zero-order chi connectivity index (χ0) is 22.1. The second kappa shape index (κ2) is 8.52. The molecule has 30 heavy (non-hydrogen) atoms. The highest BCUT2D eigenvalue weighted by molar-refractivity contribution is 6.33. The van der Waals surface area contributed by atoms with Crippen LogP contribution in [-0.2, 0) is 4.79 Å². The van der Waals surface area contributed by atoms with Crippen LogP contribution in [0, 0.1) is 5.82 Å². The Morgan fingerprint density at radius 2 is 1.80 bits per heavy atom. The molecule has 2 aromatic carbocycles. The summed E-state index contributed by atoms with van der Waals surface area (Å²) in [5, 5.41) is 13.4. The molecule has 1 fully saturated rings. The van der Waals surface area contributed by atoms with Crippen LogP contribution in [0.15, 0.2) is 48.5 Å². The number of rotatable bonds is 4. The van der Waals surface area contributed by atoms with E-state index in [0.717, 1.165) is 4.90 Å². The molecule has 6 nitrogen and oxygen atoms in total. The van der Waals surface area contributed by atoms with Gasteiger partial charge in [0.1, 0.15) is 11.9 Å². The molecule has 0 unspecified atom stereocenters. The van der Waals surface area contributed by atoms with Gasteiger partial charge in [0.2, 0.25) is 0 Å².